The third-order valence-electron chi connectivity index (χ3n) is 2.86. The smallest absolute Gasteiger partial charge is 0.131 e. The van der Waals surface area contributed by atoms with Gasteiger partial charge < -0.3 is 24.8 Å². The first kappa shape index (κ1) is 14.6. The van der Waals surface area contributed by atoms with Crippen molar-refractivity contribution in [1.29, 1.82) is 0 Å². The number of benzene rings is 1. The Hall–Kier alpha value is -1.46. The lowest BCUT2D eigenvalue weighted by atomic mass is 10.0. The predicted octanol–water partition coefficient (Wildman–Crippen LogP) is 1.19. The molecule has 1 unspecified atom stereocenters. The van der Waals surface area contributed by atoms with Gasteiger partial charge in [-0.05, 0) is 14.1 Å². The van der Waals surface area contributed by atoms with E-state index in [1.807, 2.05) is 26.2 Å². The Balaban J connectivity index is 3.28. The standard InChI is InChI=1S/C13H22N2O3/c1-14-8-10(15-2)13-11(17-4)6-9(16-3)7-12(13)18-5/h6-7,10,14-15H,8H2,1-5H3. The SMILES string of the molecule is CNCC(NC)c1c(OC)cc(OC)cc1OC. The Morgan fingerprint density at radius 2 is 1.56 bits per heavy atom. The van der Waals surface area contributed by atoms with E-state index in [2.05, 4.69) is 10.6 Å². The van der Waals surface area contributed by atoms with Crippen LogP contribution in [-0.2, 0) is 0 Å². The monoisotopic (exact) mass is 254 g/mol. The molecule has 5 nitrogen and oxygen atoms in total. The van der Waals surface area contributed by atoms with E-state index in [1.165, 1.54) is 0 Å². The maximum Gasteiger partial charge on any atom is 0.131 e. The summed E-state index contributed by atoms with van der Waals surface area (Å²) in [5, 5.41) is 6.39. The maximum atomic E-state index is 5.43. The number of ether oxygens (including phenoxy) is 3. The fraction of sp³-hybridized carbons (Fsp3) is 0.538. The van der Waals surface area contributed by atoms with Gasteiger partial charge in [-0.3, -0.25) is 0 Å². The average molecular weight is 254 g/mol. The van der Waals surface area contributed by atoms with Crippen molar-refractivity contribution >= 4 is 0 Å². The summed E-state index contributed by atoms with van der Waals surface area (Å²) in [7, 11) is 8.72. The highest BCUT2D eigenvalue weighted by atomic mass is 16.5. The van der Waals surface area contributed by atoms with Crippen LogP contribution >= 0.6 is 0 Å². The van der Waals surface area contributed by atoms with Gasteiger partial charge in [0, 0.05) is 18.7 Å². The summed E-state index contributed by atoms with van der Waals surface area (Å²) in [6, 6.07) is 3.82. The highest BCUT2D eigenvalue weighted by molar-refractivity contribution is 5.52. The van der Waals surface area contributed by atoms with Crippen molar-refractivity contribution in [3.8, 4) is 17.2 Å². The molecule has 1 aromatic carbocycles. The third kappa shape index (κ3) is 3.05. The van der Waals surface area contributed by atoms with Crippen molar-refractivity contribution < 1.29 is 14.2 Å². The first-order valence-corrected chi connectivity index (χ1v) is 5.83. The fourth-order valence-electron chi connectivity index (χ4n) is 1.93. The van der Waals surface area contributed by atoms with Crippen LogP contribution in [0.4, 0.5) is 0 Å². The Bertz CT molecular complexity index is 357. The molecule has 0 saturated heterocycles. The fourth-order valence-corrected chi connectivity index (χ4v) is 1.93. The molecule has 1 atom stereocenters. The largest absolute Gasteiger partial charge is 0.496 e. The summed E-state index contributed by atoms with van der Waals surface area (Å²) in [5.41, 5.74) is 0.984. The van der Waals surface area contributed by atoms with Crippen molar-refractivity contribution in [2.45, 2.75) is 6.04 Å². The van der Waals surface area contributed by atoms with Crippen molar-refractivity contribution in [2.75, 3.05) is 42.0 Å². The summed E-state index contributed by atoms with van der Waals surface area (Å²) in [6.07, 6.45) is 0. The van der Waals surface area contributed by atoms with Gasteiger partial charge >= 0.3 is 0 Å². The molecule has 0 heterocycles. The van der Waals surface area contributed by atoms with Crippen LogP contribution in [0.15, 0.2) is 12.1 Å². The van der Waals surface area contributed by atoms with Crippen LogP contribution in [0, 0.1) is 0 Å². The molecule has 0 aromatic heterocycles. The van der Waals surface area contributed by atoms with E-state index in [1.54, 1.807) is 21.3 Å². The summed E-state index contributed by atoms with van der Waals surface area (Å²) in [5.74, 6) is 2.22. The molecule has 2 N–H and O–H groups in total. The van der Waals surface area contributed by atoms with Gasteiger partial charge in [-0.1, -0.05) is 0 Å². The van der Waals surface area contributed by atoms with E-state index in [0.29, 0.717) is 5.75 Å². The molecule has 1 aromatic rings. The van der Waals surface area contributed by atoms with Crippen LogP contribution in [0.3, 0.4) is 0 Å². The Labute approximate surface area is 108 Å². The van der Waals surface area contributed by atoms with Gasteiger partial charge in [0.1, 0.15) is 17.2 Å². The first-order chi connectivity index (χ1) is 8.71. The second kappa shape index (κ2) is 7.08. The molecule has 0 aliphatic rings. The van der Waals surface area contributed by atoms with Gasteiger partial charge in [0.2, 0.25) is 0 Å². The number of hydrogen-bond donors (Lipinski definition) is 2. The molecule has 0 bridgehead atoms. The minimum absolute atomic E-state index is 0.103. The van der Waals surface area contributed by atoms with Gasteiger partial charge in [-0.25, -0.2) is 0 Å². The maximum absolute atomic E-state index is 5.43. The normalized spacial score (nSPS) is 12.1. The number of methoxy groups -OCH3 is 3. The zero-order chi connectivity index (χ0) is 13.5. The van der Waals surface area contributed by atoms with Crippen molar-refractivity contribution in [3.05, 3.63) is 17.7 Å². The molecule has 5 heteroatoms. The summed E-state index contributed by atoms with van der Waals surface area (Å²) >= 11 is 0. The lowest BCUT2D eigenvalue weighted by Crippen LogP contribution is -2.28. The van der Waals surface area contributed by atoms with Crippen molar-refractivity contribution in [1.82, 2.24) is 10.6 Å². The van der Waals surface area contributed by atoms with Crippen LogP contribution in [-0.4, -0.2) is 42.0 Å². The molecule has 0 aliphatic carbocycles. The summed E-state index contributed by atoms with van der Waals surface area (Å²) in [6.45, 7) is 0.773. The predicted molar refractivity (Wildman–Crippen MR) is 71.8 cm³/mol. The van der Waals surface area contributed by atoms with Crippen molar-refractivity contribution in [3.63, 3.8) is 0 Å². The first-order valence-electron chi connectivity index (χ1n) is 5.83. The molecule has 0 amide bonds. The number of hydrogen-bond acceptors (Lipinski definition) is 5. The summed E-state index contributed by atoms with van der Waals surface area (Å²) in [4.78, 5) is 0. The molecule has 0 fully saturated rings. The molecule has 0 radical (unpaired) electrons. The molecule has 102 valence electrons. The Morgan fingerprint density at radius 1 is 1.00 bits per heavy atom. The second-order valence-corrected chi connectivity index (χ2v) is 3.84. The zero-order valence-electron chi connectivity index (χ0n) is 11.7. The van der Waals surface area contributed by atoms with Gasteiger partial charge in [0.25, 0.3) is 0 Å². The quantitative estimate of drug-likeness (QED) is 0.765. The minimum atomic E-state index is 0.103. The van der Waals surface area contributed by atoms with Crippen molar-refractivity contribution in [2.24, 2.45) is 0 Å². The summed E-state index contributed by atoms with van der Waals surface area (Å²) < 4.78 is 16.1. The van der Waals surface area contributed by atoms with Crippen LogP contribution in [0.1, 0.15) is 11.6 Å². The van der Waals surface area contributed by atoms with E-state index < -0.39 is 0 Å². The molecule has 18 heavy (non-hydrogen) atoms. The van der Waals surface area contributed by atoms with Crippen LogP contribution in [0.2, 0.25) is 0 Å². The lowest BCUT2D eigenvalue weighted by Gasteiger charge is -2.22. The van der Waals surface area contributed by atoms with Gasteiger partial charge in [0.15, 0.2) is 0 Å². The van der Waals surface area contributed by atoms with Gasteiger partial charge in [-0.2, -0.15) is 0 Å². The third-order valence-corrected chi connectivity index (χ3v) is 2.86. The highest BCUT2D eigenvalue weighted by Gasteiger charge is 2.20. The number of rotatable bonds is 7. The lowest BCUT2D eigenvalue weighted by molar-refractivity contribution is 0.358. The second-order valence-electron chi connectivity index (χ2n) is 3.84. The molecule has 1 rings (SSSR count). The van der Waals surface area contributed by atoms with Crippen LogP contribution in [0.5, 0.6) is 17.2 Å². The van der Waals surface area contributed by atoms with E-state index in [9.17, 15) is 0 Å². The van der Waals surface area contributed by atoms with E-state index in [4.69, 9.17) is 14.2 Å². The molecule has 0 saturated carbocycles. The van der Waals surface area contributed by atoms with Crippen LogP contribution in [0.25, 0.3) is 0 Å². The Kier molecular flexibility index (Phi) is 5.74. The zero-order valence-corrected chi connectivity index (χ0v) is 11.7. The average Bonchev–Trinajstić information content (AvgIpc) is 2.43. The molecular weight excluding hydrogens is 232 g/mol. The number of likely N-dealkylation sites (N-methyl/N-ethyl adjacent to an activating group) is 2. The highest BCUT2D eigenvalue weighted by Crippen LogP contribution is 2.37. The van der Waals surface area contributed by atoms with Crippen LogP contribution < -0.4 is 24.8 Å². The van der Waals surface area contributed by atoms with Gasteiger partial charge in [-0.15, -0.1) is 0 Å². The van der Waals surface area contributed by atoms with E-state index >= 15 is 0 Å². The minimum Gasteiger partial charge on any atom is -0.496 e. The van der Waals surface area contributed by atoms with E-state index in [-0.39, 0.29) is 6.04 Å². The Morgan fingerprint density at radius 3 is 1.89 bits per heavy atom. The topological polar surface area (TPSA) is 51.8 Å². The van der Waals surface area contributed by atoms with Gasteiger partial charge in [0.05, 0.1) is 32.9 Å². The molecule has 0 spiro atoms. The molecular formula is C13H22N2O3. The van der Waals surface area contributed by atoms with E-state index in [0.717, 1.165) is 23.6 Å². The number of nitrogens with one attached hydrogen (secondary N) is 2. The molecule has 0 aliphatic heterocycles.